The van der Waals surface area contributed by atoms with Crippen LogP contribution in [-0.2, 0) is 4.79 Å². The molecular weight excluding hydrogens is 322 g/mol. The van der Waals surface area contributed by atoms with Gasteiger partial charge in [-0.05, 0) is 34.1 Å². The number of benzene rings is 1. The predicted molar refractivity (Wildman–Crippen MR) is 79.8 cm³/mol. The van der Waals surface area contributed by atoms with Crippen LogP contribution in [0.4, 0.5) is 5.69 Å². The van der Waals surface area contributed by atoms with Crippen molar-refractivity contribution in [3.05, 3.63) is 28.2 Å². The number of piperazine rings is 1. The molecule has 1 aromatic rings. The van der Waals surface area contributed by atoms with E-state index in [0.717, 1.165) is 36.3 Å². The number of nitrogens with zero attached hydrogens (tertiary/aromatic N) is 3. The number of carbonyl (C=O) groups is 1. The lowest BCUT2D eigenvalue weighted by atomic mass is 10.2. The molecule has 0 bridgehead atoms. The zero-order valence-electron chi connectivity index (χ0n) is 11.0. The summed E-state index contributed by atoms with van der Waals surface area (Å²) >= 11 is 3.50. The van der Waals surface area contributed by atoms with Gasteiger partial charge >= 0.3 is 5.97 Å². The third-order valence-electron chi connectivity index (χ3n) is 3.43. The molecule has 0 unspecified atom stereocenters. The Morgan fingerprint density at radius 3 is 2.60 bits per heavy atom. The highest BCUT2D eigenvalue weighted by Gasteiger charge is 2.19. The number of hydrogen-bond acceptors (Lipinski definition) is 4. The van der Waals surface area contributed by atoms with Gasteiger partial charge in [-0.1, -0.05) is 0 Å². The number of nitriles is 1. The number of carboxylic acid groups (broad SMARTS) is 1. The summed E-state index contributed by atoms with van der Waals surface area (Å²) in [6, 6.07) is 7.72. The molecule has 1 N–H and O–H groups in total. The highest BCUT2D eigenvalue weighted by molar-refractivity contribution is 9.10. The number of carboxylic acids is 1. The summed E-state index contributed by atoms with van der Waals surface area (Å²) in [5.41, 5.74) is 1.72. The van der Waals surface area contributed by atoms with Crippen molar-refractivity contribution in [1.82, 2.24) is 4.90 Å². The SMILES string of the molecule is N#Cc1ccc(N2CCN(CCC(=O)O)CC2)c(Br)c1. The summed E-state index contributed by atoms with van der Waals surface area (Å²) in [4.78, 5) is 15.0. The Bertz CT molecular complexity index is 534. The lowest BCUT2D eigenvalue weighted by molar-refractivity contribution is -0.137. The maximum Gasteiger partial charge on any atom is 0.304 e. The second-order valence-electron chi connectivity index (χ2n) is 4.75. The maximum atomic E-state index is 10.6. The Balaban J connectivity index is 1.94. The molecule has 6 heteroatoms. The third-order valence-corrected chi connectivity index (χ3v) is 4.07. The Hall–Kier alpha value is -1.58. The van der Waals surface area contributed by atoms with Crippen LogP contribution in [0.5, 0.6) is 0 Å². The zero-order chi connectivity index (χ0) is 14.5. The fourth-order valence-electron chi connectivity index (χ4n) is 2.30. The minimum Gasteiger partial charge on any atom is -0.481 e. The van der Waals surface area contributed by atoms with Gasteiger partial charge < -0.3 is 10.0 Å². The highest BCUT2D eigenvalue weighted by Crippen LogP contribution is 2.28. The fraction of sp³-hybridized carbons (Fsp3) is 0.429. The van der Waals surface area contributed by atoms with Gasteiger partial charge in [0.1, 0.15) is 0 Å². The number of halogens is 1. The molecule has 106 valence electrons. The molecule has 0 aromatic heterocycles. The number of anilines is 1. The van der Waals surface area contributed by atoms with E-state index in [4.69, 9.17) is 10.4 Å². The maximum absolute atomic E-state index is 10.6. The van der Waals surface area contributed by atoms with E-state index in [9.17, 15) is 4.79 Å². The van der Waals surface area contributed by atoms with Gasteiger partial charge in [0.15, 0.2) is 0 Å². The van der Waals surface area contributed by atoms with Gasteiger partial charge in [-0.15, -0.1) is 0 Å². The molecule has 0 aliphatic carbocycles. The standard InChI is InChI=1S/C14H16BrN3O2/c15-12-9-11(10-16)1-2-13(12)18-7-5-17(6-8-18)4-3-14(19)20/h1-2,9H,3-8H2,(H,19,20). The van der Waals surface area contributed by atoms with Crippen molar-refractivity contribution < 1.29 is 9.90 Å². The van der Waals surface area contributed by atoms with Crippen molar-refractivity contribution in [2.24, 2.45) is 0 Å². The Labute approximate surface area is 126 Å². The first-order valence-corrected chi connectivity index (χ1v) is 7.28. The third kappa shape index (κ3) is 3.71. The minimum absolute atomic E-state index is 0.195. The molecule has 0 atom stereocenters. The zero-order valence-corrected chi connectivity index (χ0v) is 12.6. The molecular formula is C14H16BrN3O2. The largest absolute Gasteiger partial charge is 0.481 e. The van der Waals surface area contributed by atoms with Gasteiger partial charge in [-0.3, -0.25) is 9.69 Å². The predicted octanol–water partition coefficient (Wildman–Crippen LogP) is 1.92. The van der Waals surface area contributed by atoms with Crippen molar-refractivity contribution in [3.8, 4) is 6.07 Å². The van der Waals surface area contributed by atoms with Gasteiger partial charge in [0.05, 0.1) is 23.7 Å². The van der Waals surface area contributed by atoms with Crippen LogP contribution in [-0.4, -0.2) is 48.7 Å². The second-order valence-corrected chi connectivity index (χ2v) is 5.60. The van der Waals surface area contributed by atoms with Gasteiger partial charge in [-0.25, -0.2) is 0 Å². The van der Waals surface area contributed by atoms with E-state index in [2.05, 4.69) is 31.8 Å². The Kier molecular flexibility index (Phi) is 4.99. The van der Waals surface area contributed by atoms with Crippen LogP contribution in [0.15, 0.2) is 22.7 Å². The quantitative estimate of drug-likeness (QED) is 0.908. The summed E-state index contributed by atoms with van der Waals surface area (Å²) in [6.07, 6.45) is 0.195. The second kappa shape index (κ2) is 6.73. The van der Waals surface area contributed by atoms with Crippen LogP contribution < -0.4 is 4.90 Å². The first-order chi connectivity index (χ1) is 9.60. The molecule has 0 amide bonds. The van der Waals surface area contributed by atoms with Gasteiger partial charge in [0.25, 0.3) is 0 Å². The monoisotopic (exact) mass is 337 g/mol. The van der Waals surface area contributed by atoms with E-state index < -0.39 is 5.97 Å². The Morgan fingerprint density at radius 2 is 2.05 bits per heavy atom. The molecule has 0 saturated carbocycles. The molecule has 1 saturated heterocycles. The molecule has 2 rings (SSSR count). The van der Waals surface area contributed by atoms with E-state index in [1.54, 1.807) is 0 Å². The van der Waals surface area contributed by atoms with Crippen molar-refractivity contribution in [1.29, 1.82) is 5.26 Å². The highest BCUT2D eigenvalue weighted by atomic mass is 79.9. The van der Waals surface area contributed by atoms with Gasteiger partial charge in [0.2, 0.25) is 0 Å². The van der Waals surface area contributed by atoms with Crippen LogP contribution in [0.1, 0.15) is 12.0 Å². The van der Waals surface area contributed by atoms with Gasteiger partial charge in [0, 0.05) is 37.2 Å². The summed E-state index contributed by atoms with van der Waals surface area (Å²) in [6.45, 7) is 4.06. The van der Waals surface area contributed by atoms with Crippen molar-refractivity contribution in [3.63, 3.8) is 0 Å². The van der Waals surface area contributed by atoms with Crippen molar-refractivity contribution in [2.75, 3.05) is 37.6 Å². The topological polar surface area (TPSA) is 67.6 Å². The first kappa shape index (κ1) is 14.8. The van der Waals surface area contributed by atoms with Crippen LogP contribution in [0, 0.1) is 11.3 Å². The average Bonchev–Trinajstić information content (AvgIpc) is 2.45. The Morgan fingerprint density at radius 1 is 1.35 bits per heavy atom. The first-order valence-electron chi connectivity index (χ1n) is 6.49. The van der Waals surface area contributed by atoms with E-state index in [-0.39, 0.29) is 6.42 Å². The number of aliphatic carboxylic acids is 1. The molecule has 1 aliphatic rings. The molecule has 1 heterocycles. The number of hydrogen-bond donors (Lipinski definition) is 1. The molecule has 1 aromatic carbocycles. The van der Waals surface area contributed by atoms with Gasteiger partial charge in [-0.2, -0.15) is 5.26 Å². The lowest BCUT2D eigenvalue weighted by Crippen LogP contribution is -2.47. The smallest absolute Gasteiger partial charge is 0.304 e. The summed E-state index contributed by atoms with van der Waals surface area (Å²) in [5, 5.41) is 17.6. The van der Waals surface area contributed by atoms with Crippen LogP contribution in [0.25, 0.3) is 0 Å². The fourth-order valence-corrected chi connectivity index (χ4v) is 2.93. The molecule has 0 spiro atoms. The van der Waals surface area contributed by atoms with E-state index in [0.29, 0.717) is 12.1 Å². The summed E-state index contributed by atoms with van der Waals surface area (Å²) in [5.74, 6) is -0.748. The van der Waals surface area contributed by atoms with Crippen molar-refractivity contribution >= 4 is 27.6 Å². The summed E-state index contributed by atoms with van der Waals surface area (Å²) < 4.78 is 0.926. The molecule has 0 radical (unpaired) electrons. The average molecular weight is 338 g/mol. The molecule has 1 aliphatic heterocycles. The minimum atomic E-state index is -0.748. The van der Waals surface area contributed by atoms with Crippen LogP contribution >= 0.6 is 15.9 Å². The molecule has 5 nitrogen and oxygen atoms in total. The lowest BCUT2D eigenvalue weighted by Gasteiger charge is -2.36. The van der Waals surface area contributed by atoms with Crippen LogP contribution in [0.3, 0.4) is 0 Å². The van der Waals surface area contributed by atoms with E-state index in [1.165, 1.54) is 0 Å². The summed E-state index contributed by atoms with van der Waals surface area (Å²) in [7, 11) is 0. The normalized spacial score (nSPS) is 15.9. The van der Waals surface area contributed by atoms with Crippen molar-refractivity contribution in [2.45, 2.75) is 6.42 Å². The molecule has 20 heavy (non-hydrogen) atoms. The van der Waals surface area contributed by atoms with Crippen LogP contribution in [0.2, 0.25) is 0 Å². The van der Waals surface area contributed by atoms with E-state index >= 15 is 0 Å². The molecule has 1 fully saturated rings. The van der Waals surface area contributed by atoms with E-state index in [1.807, 2.05) is 18.2 Å². The number of rotatable bonds is 4.